The Morgan fingerprint density at radius 1 is 1.22 bits per heavy atom. The molecule has 1 aromatic carbocycles. The third kappa shape index (κ3) is 4.05. The summed E-state index contributed by atoms with van der Waals surface area (Å²) in [6.45, 7) is 9.20. The number of carbonyl (C=O) groups is 1. The Kier molecular flexibility index (Phi) is 5.49. The summed E-state index contributed by atoms with van der Waals surface area (Å²) < 4.78 is 21.4. The number of hydrogen-bond donors (Lipinski definition) is 1. The van der Waals surface area contributed by atoms with Crippen molar-refractivity contribution < 1.29 is 13.9 Å². The second-order valence-electron chi connectivity index (χ2n) is 11.4. The van der Waals surface area contributed by atoms with E-state index in [1.807, 2.05) is 26.0 Å². The molecule has 9 heteroatoms. The molecule has 2 heterocycles. The van der Waals surface area contributed by atoms with Gasteiger partial charge in [-0.2, -0.15) is 0 Å². The second kappa shape index (κ2) is 8.00. The fraction of sp³-hybridized carbons (Fsp3) is 0.481. The summed E-state index contributed by atoms with van der Waals surface area (Å²) in [6, 6.07) is 6.75. The lowest BCUT2D eigenvalue weighted by atomic mass is 9.42. The van der Waals surface area contributed by atoms with Gasteiger partial charge in [0.1, 0.15) is 22.2 Å². The van der Waals surface area contributed by atoms with Gasteiger partial charge in [0, 0.05) is 18.0 Å². The molecule has 6 rings (SSSR count). The maximum Gasteiger partial charge on any atom is 0.359 e. The number of halogens is 2. The van der Waals surface area contributed by atoms with E-state index in [4.69, 9.17) is 21.3 Å². The minimum absolute atomic E-state index is 0.0768. The summed E-state index contributed by atoms with van der Waals surface area (Å²) in [5.74, 6) is 0.0475. The van der Waals surface area contributed by atoms with Crippen LogP contribution in [0.2, 0.25) is 5.15 Å². The highest BCUT2D eigenvalue weighted by molar-refractivity contribution is 6.29. The lowest BCUT2D eigenvalue weighted by molar-refractivity contribution is -0.163. The third-order valence-electron chi connectivity index (χ3n) is 7.09. The first-order valence-electron chi connectivity index (χ1n) is 12.1. The van der Waals surface area contributed by atoms with E-state index in [9.17, 15) is 14.0 Å². The van der Waals surface area contributed by atoms with Gasteiger partial charge >= 0.3 is 5.97 Å². The summed E-state index contributed by atoms with van der Waals surface area (Å²) in [6.07, 6.45) is 1.24. The van der Waals surface area contributed by atoms with Gasteiger partial charge in [0.05, 0.1) is 22.6 Å². The van der Waals surface area contributed by atoms with Crippen LogP contribution in [0, 0.1) is 6.92 Å². The number of aromatic nitrogens is 3. The highest BCUT2D eigenvalue weighted by Crippen LogP contribution is 2.69. The highest BCUT2D eigenvalue weighted by Gasteiger charge is 2.71. The van der Waals surface area contributed by atoms with E-state index in [2.05, 4.69) is 10.3 Å². The van der Waals surface area contributed by atoms with Crippen molar-refractivity contribution in [3.8, 4) is 0 Å². The molecule has 0 unspecified atom stereocenters. The molecule has 2 bridgehead atoms. The van der Waals surface area contributed by atoms with E-state index in [1.165, 1.54) is 0 Å². The van der Waals surface area contributed by atoms with Gasteiger partial charge in [0.15, 0.2) is 5.69 Å². The predicted molar refractivity (Wildman–Crippen MR) is 138 cm³/mol. The summed E-state index contributed by atoms with van der Waals surface area (Å²) in [5.41, 5.74) is 0.521. The van der Waals surface area contributed by atoms with Gasteiger partial charge in [-0.3, -0.25) is 9.36 Å². The van der Waals surface area contributed by atoms with Crippen LogP contribution in [0.5, 0.6) is 0 Å². The van der Waals surface area contributed by atoms with Crippen LogP contribution in [0.4, 0.5) is 10.1 Å². The molecule has 1 atom stereocenters. The van der Waals surface area contributed by atoms with Crippen LogP contribution in [0.15, 0.2) is 29.1 Å². The molecule has 3 saturated carbocycles. The topological polar surface area (TPSA) is 86.1 Å². The van der Waals surface area contributed by atoms with Crippen molar-refractivity contribution in [3.05, 3.63) is 62.4 Å². The molecule has 3 aliphatic rings. The molecule has 2 aromatic heterocycles. The maximum atomic E-state index is 14.3. The first-order chi connectivity index (χ1) is 16.7. The van der Waals surface area contributed by atoms with Crippen molar-refractivity contribution >= 4 is 34.2 Å². The fourth-order valence-electron chi connectivity index (χ4n) is 5.60. The number of esters is 1. The summed E-state index contributed by atoms with van der Waals surface area (Å²) in [4.78, 5) is 35.4. The van der Waals surface area contributed by atoms with Crippen LogP contribution in [0.3, 0.4) is 0 Å². The Labute approximate surface area is 214 Å². The van der Waals surface area contributed by atoms with E-state index in [0.29, 0.717) is 41.7 Å². The Morgan fingerprint density at radius 2 is 1.89 bits per heavy atom. The zero-order chi connectivity index (χ0) is 26.2. The van der Waals surface area contributed by atoms with Crippen molar-refractivity contribution in [2.24, 2.45) is 7.05 Å². The molecule has 3 aromatic rings. The van der Waals surface area contributed by atoms with Gasteiger partial charge in [-0.1, -0.05) is 17.7 Å². The zero-order valence-corrected chi connectivity index (χ0v) is 22.1. The van der Waals surface area contributed by atoms with Gasteiger partial charge in [0.2, 0.25) is 0 Å². The number of aryl methyl sites for hydroxylation is 1. The average Bonchev–Trinajstić information content (AvgIpc) is 2.73. The van der Waals surface area contributed by atoms with Gasteiger partial charge in [-0.15, -0.1) is 0 Å². The minimum Gasteiger partial charge on any atom is -0.455 e. The van der Waals surface area contributed by atoms with Crippen molar-refractivity contribution in [2.75, 3.05) is 5.32 Å². The van der Waals surface area contributed by atoms with E-state index in [0.717, 1.165) is 11.1 Å². The first-order valence-corrected chi connectivity index (χ1v) is 12.5. The molecule has 1 N–H and O–H groups in total. The van der Waals surface area contributed by atoms with Crippen LogP contribution in [-0.2, 0) is 17.2 Å². The molecule has 0 radical (unpaired) electrons. The smallest absolute Gasteiger partial charge is 0.359 e. The summed E-state index contributed by atoms with van der Waals surface area (Å²) in [5, 5.41) is 4.03. The lowest BCUT2D eigenvalue weighted by Crippen LogP contribution is -2.68. The normalized spacial score (nSPS) is 23.6. The van der Waals surface area contributed by atoms with Crippen molar-refractivity contribution in [3.63, 3.8) is 0 Å². The highest BCUT2D eigenvalue weighted by atomic mass is 35.5. The largest absolute Gasteiger partial charge is 0.455 e. The summed E-state index contributed by atoms with van der Waals surface area (Å²) >= 11 is 6.09. The quantitative estimate of drug-likeness (QED) is 0.355. The molecule has 0 spiro atoms. The summed E-state index contributed by atoms with van der Waals surface area (Å²) in [7, 11) is 1.71. The number of ether oxygens (including phenoxy) is 1. The molecule has 190 valence electrons. The van der Waals surface area contributed by atoms with Crippen LogP contribution >= 0.6 is 11.6 Å². The minimum atomic E-state index is -1.10. The van der Waals surface area contributed by atoms with Gasteiger partial charge in [-0.05, 0) is 77.6 Å². The number of rotatable bonds is 5. The Morgan fingerprint density at radius 3 is 2.50 bits per heavy atom. The zero-order valence-electron chi connectivity index (χ0n) is 21.3. The Bertz CT molecular complexity index is 1460. The van der Waals surface area contributed by atoms with E-state index in [1.54, 1.807) is 44.5 Å². The van der Waals surface area contributed by atoms with Crippen LogP contribution in [-0.4, -0.2) is 31.8 Å². The number of nitrogens with zero attached hydrogens (tertiary/aromatic N) is 3. The van der Waals surface area contributed by atoms with E-state index in [-0.39, 0.29) is 27.9 Å². The molecule has 0 amide bonds. The van der Waals surface area contributed by atoms with Crippen LogP contribution in [0.1, 0.15) is 80.4 Å². The van der Waals surface area contributed by atoms with Gasteiger partial charge < -0.3 is 10.1 Å². The molecule has 7 nitrogen and oxygen atoms in total. The second-order valence-corrected chi connectivity index (χ2v) is 11.8. The molecule has 36 heavy (non-hydrogen) atoms. The molecule has 3 aliphatic carbocycles. The van der Waals surface area contributed by atoms with Crippen LogP contribution < -0.4 is 10.9 Å². The maximum absolute atomic E-state index is 14.3. The monoisotopic (exact) mass is 512 g/mol. The predicted octanol–water partition coefficient (Wildman–Crippen LogP) is 5.56. The van der Waals surface area contributed by atoms with Gasteiger partial charge in [-0.25, -0.2) is 19.2 Å². The lowest BCUT2D eigenvalue weighted by Gasteiger charge is -2.65. The molecule has 3 fully saturated rings. The standard InChI is InChI=1S/C27H30ClFN4O3/c1-14-9-16(15(2)30-18-7-8-19(28)31-21(18)23(35)36-25(3,4)5)20-17(10-14)22(34)33(6)24(32-20)26-11-27(29,12-26)13-26/h7-10,15,30H,11-13H2,1-6H3/t15-,26?,27?/m1/s1. The number of pyridine rings is 1. The number of benzene rings is 1. The molecular formula is C27H30ClFN4O3. The fourth-order valence-corrected chi connectivity index (χ4v) is 5.75. The SMILES string of the molecule is Cc1cc([C@@H](C)Nc2ccc(Cl)nc2C(=O)OC(C)(C)C)c2nc(C34CC(F)(C3)C4)n(C)c(=O)c2c1. The van der Waals surface area contributed by atoms with Crippen molar-refractivity contribution in [1.29, 1.82) is 0 Å². The van der Waals surface area contributed by atoms with E-state index < -0.39 is 17.2 Å². The average molecular weight is 513 g/mol. The third-order valence-corrected chi connectivity index (χ3v) is 7.30. The van der Waals surface area contributed by atoms with Crippen LogP contribution in [0.25, 0.3) is 10.9 Å². The number of fused-ring (bicyclic) bond motifs is 1. The van der Waals surface area contributed by atoms with Crippen molar-refractivity contribution in [2.45, 2.75) is 76.6 Å². The molecule has 0 aliphatic heterocycles. The van der Waals surface area contributed by atoms with E-state index >= 15 is 0 Å². The number of anilines is 1. The Balaban J connectivity index is 1.56. The Hall–Kier alpha value is -3.00. The molecule has 0 saturated heterocycles. The molecular weight excluding hydrogens is 483 g/mol. The number of hydrogen-bond acceptors (Lipinski definition) is 6. The number of nitrogens with one attached hydrogen (secondary N) is 1. The van der Waals surface area contributed by atoms with Gasteiger partial charge in [0.25, 0.3) is 5.56 Å². The number of carbonyl (C=O) groups excluding carboxylic acids is 1. The number of alkyl halides is 1. The van der Waals surface area contributed by atoms with Crippen molar-refractivity contribution in [1.82, 2.24) is 14.5 Å². The first kappa shape index (κ1) is 24.7.